The summed E-state index contributed by atoms with van der Waals surface area (Å²) in [6.07, 6.45) is 12.0. The minimum Gasteiger partial charge on any atom is -0.345 e. The van der Waals surface area contributed by atoms with Crippen molar-refractivity contribution < 1.29 is 23.6 Å². The Balaban J connectivity index is 1.33. The highest BCUT2D eigenvalue weighted by Crippen LogP contribution is 2.35. The summed E-state index contributed by atoms with van der Waals surface area (Å²) < 4.78 is 14.0. The summed E-state index contributed by atoms with van der Waals surface area (Å²) in [4.78, 5) is 63.7. The van der Waals surface area contributed by atoms with Gasteiger partial charge in [0, 0.05) is 31.2 Å². The monoisotopic (exact) mass is 758 g/mol. The van der Waals surface area contributed by atoms with Gasteiger partial charge in [0.25, 0.3) is 5.91 Å². The van der Waals surface area contributed by atoms with E-state index in [1.807, 2.05) is 66.7 Å². The molecule has 1 aromatic heterocycles. The smallest absolute Gasteiger partial charge is 0.253 e. The summed E-state index contributed by atoms with van der Waals surface area (Å²) in [5.74, 6) is -1.89. The molecule has 0 unspecified atom stereocenters. The van der Waals surface area contributed by atoms with E-state index in [9.17, 15) is 18.8 Å². The lowest BCUT2D eigenvalue weighted by molar-refractivity contribution is -0.152. The molecular weight excluding hydrogens is 708 g/mol. The van der Waals surface area contributed by atoms with Crippen LogP contribution >= 0.6 is 0 Å². The number of amides is 4. The van der Waals surface area contributed by atoms with Gasteiger partial charge in [0.1, 0.15) is 17.4 Å². The molecule has 4 aromatic rings. The number of hydrogen-bond acceptors (Lipinski definition) is 6. The first kappa shape index (κ1) is 40.0. The van der Waals surface area contributed by atoms with Crippen LogP contribution in [0.15, 0.2) is 116 Å². The Morgan fingerprint density at radius 3 is 2.16 bits per heavy atom. The highest BCUT2D eigenvalue weighted by atomic mass is 19.1. The molecule has 2 heterocycles. The SMILES string of the molecule is CN[C@@H](C)C(=O)N[C@H](C(=O)NCC(=O)N1C=CN(Cc2ccncc2)C(=O)[C@]1(CCc1ccc(F)cc1)Cc1ccc(-c2ccccc2)cc1)C1CCCCC1. The number of nitrogens with zero attached hydrogens (tertiary/aromatic N) is 3. The molecule has 10 nitrogen and oxygen atoms in total. The summed E-state index contributed by atoms with van der Waals surface area (Å²) in [6.45, 7) is 1.61. The van der Waals surface area contributed by atoms with Gasteiger partial charge in [0.15, 0.2) is 0 Å². The maximum Gasteiger partial charge on any atom is 0.253 e. The zero-order chi connectivity index (χ0) is 39.5. The molecule has 0 spiro atoms. The lowest BCUT2D eigenvalue weighted by atomic mass is 9.80. The van der Waals surface area contributed by atoms with E-state index in [4.69, 9.17) is 0 Å². The van der Waals surface area contributed by atoms with Crippen LogP contribution in [0.1, 0.15) is 62.1 Å². The van der Waals surface area contributed by atoms with Crippen LogP contribution in [-0.2, 0) is 38.6 Å². The number of nitrogens with one attached hydrogen (secondary N) is 3. The Hall–Kier alpha value is -5.68. The fraction of sp³-hybridized carbons (Fsp3) is 0.356. The van der Waals surface area contributed by atoms with E-state index in [2.05, 4.69) is 20.9 Å². The van der Waals surface area contributed by atoms with E-state index < -0.39 is 29.4 Å². The van der Waals surface area contributed by atoms with Crippen molar-refractivity contribution >= 4 is 23.6 Å². The number of halogens is 1. The minimum atomic E-state index is -1.41. The van der Waals surface area contributed by atoms with Gasteiger partial charge in [0.2, 0.25) is 17.7 Å². The van der Waals surface area contributed by atoms with Crippen LogP contribution in [0.2, 0.25) is 0 Å². The molecule has 0 saturated heterocycles. The summed E-state index contributed by atoms with van der Waals surface area (Å²) in [5, 5.41) is 8.70. The minimum absolute atomic E-state index is 0.0567. The van der Waals surface area contributed by atoms with Crippen molar-refractivity contribution in [2.45, 2.75) is 82.5 Å². The molecule has 0 radical (unpaired) electrons. The van der Waals surface area contributed by atoms with Crippen molar-refractivity contribution in [1.29, 1.82) is 0 Å². The Morgan fingerprint density at radius 1 is 0.821 bits per heavy atom. The zero-order valence-electron chi connectivity index (χ0n) is 32.1. The summed E-state index contributed by atoms with van der Waals surface area (Å²) >= 11 is 0. The average molecular weight is 759 g/mol. The van der Waals surface area contributed by atoms with Crippen molar-refractivity contribution in [3.8, 4) is 11.1 Å². The van der Waals surface area contributed by atoms with Crippen LogP contribution in [0.5, 0.6) is 0 Å². The maximum absolute atomic E-state index is 15.1. The molecule has 11 heteroatoms. The summed E-state index contributed by atoms with van der Waals surface area (Å²) in [5.41, 5.74) is 3.19. The van der Waals surface area contributed by atoms with Gasteiger partial charge in [0.05, 0.1) is 19.1 Å². The Kier molecular flexibility index (Phi) is 13.4. The van der Waals surface area contributed by atoms with Crippen molar-refractivity contribution in [1.82, 2.24) is 30.7 Å². The first-order valence-corrected chi connectivity index (χ1v) is 19.5. The van der Waals surface area contributed by atoms with Crippen molar-refractivity contribution in [2.75, 3.05) is 13.6 Å². The quantitative estimate of drug-likeness (QED) is 0.138. The topological polar surface area (TPSA) is 124 Å². The van der Waals surface area contributed by atoms with Gasteiger partial charge in [-0.05, 0) is 97.7 Å². The molecule has 292 valence electrons. The second-order valence-electron chi connectivity index (χ2n) is 14.9. The molecule has 3 aromatic carbocycles. The van der Waals surface area contributed by atoms with E-state index in [-0.39, 0.29) is 49.5 Å². The summed E-state index contributed by atoms with van der Waals surface area (Å²) in [6, 6.07) is 26.5. The standard InChI is InChI=1S/C45H51FN6O4/c1-32(47-2)42(54)50-41(38-11-7-4-8-12-38)43(55)49-30-40(53)52-28-27-51(31-35-22-25-48-26-23-35)44(56)45(52,24-21-33-15-19-39(46)20-16-33)29-34-13-17-37(18-14-34)36-9-5-3-6-10-36/h3,5-6,9-10,13-20,22-23,25-28,32,38,41,47H,4,7-8,11-12,21,24,29-31H2,1-2H3,(H,49,55)(H,50,54)/t32-,41-,45-/m0/s1. The van der Waals surface area contributed by atoms with E-state index in [1.165, 1.54) is 17.0 Å². The molecule has 3 N–H and O–H groups in total. The predicted octanol–water partition coefficient (Wildman–Crippen LogP) is 5.93. The lowest BCUT2D eigenvalue weighted by Crippen LogP contribution is -2.64. The lowest BCUT2D eigenvalue weighted by Gasteiger charge is -2.46. The number of likely N-dealkylation sites (N-methyl/N-ethyl adjacent to an activating group) is 1. The zero-order valence-corrected chi connectivity index (χ0v) is 32.1. The number of carbonyl (C=O) groups excluding carboxylic acids is 4. The fourth-order valence-electron chi connectivity index (χ4n) is 7.75. The second kappa shape index (κ2) is 18.8. The third-order valence-electron chi connectivity index (χ3n) is 11.1. The van der Waals surface area contributed by atoms with E-state index >= 15 is 4.79 Å². The van der Waals surface area contributed by atoms with Crippen LogP contribution in [0.4, 0.5) is 4.39 Å². The largest absolute Gasteiger partial charge is 0.345 e. The molecule has 6 rings (SSSR count). The fourth-order valence-corrected chi connectivity index (χ4v) is 7.75. The second-order valence-corrected chi connectivity index (χ2v) is 14.9. The normalized spacial score (nSPS) is 18.3. The number of hydrogen-bond donors (Lipinski definition) is 3. The van der Waals surface area contributed by atoms with Crippen molar-refractivity contribution in [3.63, 3.8) is 0 Å². The molecule has 56 heavy (non-hydrogen) atoms. The van der Waals surface area contributed by atoms with Gasteiger partial charge < -0.3 is 25.8 Å². The van der Waals surface area contributed by atoms with Crippen LogP contribution < -0.4 is 16.0 Å². The van der Waals surface area contributed by atoms with Gasteiger partial charge in [-0.2, -0.15) is 0 Å². The van der Waals surface area contributed by atoms with Gasteiger partial charge in [-0.25, -0.2) is 4.39 Å². The molecule has 0 bridgehead atoms. The van der Waals surface area contributed by atoms with E-state index in [1.54, 1.807) is 55.8 Å². The highest BCUT2D eigenvalue weighted by molar-refractivity contribution is 5.97. The third-order valence-corrected chi connectivity index (χ3v) is 11.1. The van der Waals surface area contributed by atoms with Crippen LogP contribution in [0.25, 0.3) is 11.1 Å². The van der Waals surface area contributed by atoms with Gasteiger partial charge in [-0.15, -0.1) is 0 Å². The molecule has 4 amide bonds. The van der Waals surface area contributed by atoms with Gasteiger partial charge in [-0.3, -0.25) is 24.2 Å². The predicted molar refractivity (Wildman–Crippen MR) is 214 cm³/mol. The number of aryl methyl sites for hydroxylation is 1. The van der Waals surface area contributed by atoms with Crippen LogP contribution in [0.3, 0.4) is 0 Å². The third kappa shape index (κ3) is 9.75. The molecule has 1 aliphatic carbocycles. The van der Waals surface area contributed by atoms with E-state index in [0.29, 0.717) is 6.42 Å². The number of carbonyl (C=O) groups is 4. The Morgan fingerprint density at radius 2 is 1.48 bits per heavy atom. The highest BCUT2D eigenvalue weighted by Gasteiger charge is 2.49. The molecule has 2 aliphatic rings. The van der Waals surface area contributed by atoms with Gasteiger partial charge >= 0.3 is 0 Å². The van der Waals surface area contributed by atoms with E-state index in [0.717, 1.165) is 59.9 Å². The molecule has 3 atom stereocenters. The number of pyridine rings is 1. The molecule has 1 fully saturated rings. The average Bonchev–Trinajstić information content (AvgIpc) is 3.24. The molecule has 1 saturated carbocycles. The van der Waals surface area contributed by atoms with Crippen LogP contribution in [0, 0.1) is 11.7 Å². The molecular formula is C45H51FN6O4. The summed E-state index contributed by atoms with van der Waals surface area (Å²) in [7, 11) is 1.68. The maximum atomic E-state index is 15.1. The Bertz CT molecular complexity index is 1970. The Labute approximate surface area is 328 Å². The number of aromatic nitrogens is 1. The first-order chi connectivity index (χ1) is 27.2. The number of rotatable bonds is 15. The number of benzene rings is 3. The van der Waals surface area contributed by atoms with Crippen molar-refractivity contribution in [2.24, 2.45) is 5.92 Å². The van der Waals surface area contributed by atoms with Gasteiger partial charge in [-0.1, -0.05) is 86.0 Å². The van der Waals surface area contributed by atoms with Crippen LogP contribution in [-0.4, -0.2) is 69.6 Å². The first-order valence-electron chi connectivity index (χ1n) is 19.5. The van der Waals surface area contributed by atoms with Crippen molar-refractivity contribution in [3.05, 3.63) is 138 Å². The molecule has 1 aliphatic heterocycles.